The minimum absolute atomic E-state index is 0.252. The summed E-state index contributed by atoms with van der Waals surface area (Å²) >= 11 is 0. The molecule has 0 unspecified atom stereocenters. The number of nitrogens with two attached hydrogens (primary N) is 1. The molecule has 1 aliphatic heterocycles. The largest absolute Gasteiger partial charge is 0.404 e. The Kier molecular flexibility index (Phi) is 4.83. The molecule has 1 aromatic heterocycles. The number of anilines is 3. The third kappa shape index (κ3) is 3.88. The van der Waals surface area contributed by atoms with E-state index in [0.717, 1.165) is 18.5 Å². The van der Waals surface area contributed by atoms with Crippen molar-refractivity contribution in [3.05, 3.63) is 47.4 Å². The zero-order valence-electron chi connectivity index (χ0n) is 14.4. The number of rotatable bonds is 1. The van der Waals surface area contributed by atoms with Crippen LogP contribution in [-0.4, -0.2) is 29.5 Å². The van der Waals surface area contributed by atoms with Gasteiger partial charge in [-0.1, -0.05) is 6.07 Å². The van der Waals surface area contributed by atoms with Crippen LogP contribution in [0.25, 0.3) is 5.57 Å². The fourth-order valence-corrected chi connectivity index (χ4v) is 2.83. The van der Waals surface area contributed by atoms with Crippen molar-refractivity contribution in [3.8, 4) is 0 Å². The van der Waals surface area contributed by atoms with E-state index in [1.807, 2.05) is 0 Å². The molecule has 0 saturated heterocycles. The normalized spacial score (nSPS) is 16.1. The third-order valence-corrected chi connectivity index (χ3v) is 3.97. The smallest absolute Gasteiger partial charge is 0.256 e. The lowest BCUT2D eigenvalue weighted by Gasteiger charge is -2.12. The predicted molar refractivity (Wildman–Crippen MR) is 99.5 cm³/mol. The van der Waals surface area contributed by atoms with Gasteiger partial charge in [-0.15, -0.1) is 0 Å². The molecule has 1 amide bonds. The van der Waals surface area contributed by atoms with Crippen LogP contribution in [0.5, 0.6) is 0 Å². The van der Waals surface area contributed by atoms with Gasteiger partial charge >= 0.3 is 0 Å². The highest BCUT2D eigenvalue weighted by Crippen LogP contribution is 2.23. The van der Waals surface area contributed by atoms with E-state index >= 15 is 0 Å². The Labute approximate surface area is 146 Å². The van der Waals surface area contributed by atoms with Crippen molar-refractivity contribution in [2.75, 3.05) is 24.2 Å². The van der Waals surface area contributed by atoms with Gasteiger partial charge in [0.1, 0.15) is 11.6 Å². The molecule has 2 aromatic rings. The first kappa shape index (κ1) is 16.8. The van der Waals surface area contributed by atoms with Crippen LogP contribution in [0.1, 0.15) is 23.4 Å². The molecule has 4 bridgehead atoms. The zero-order chi connectivity index (χ0) is 17.8. The monoisotopic (exact) mass is 338 g/mol. The molecule has 1 aliphatic rings. The standard InChI is InChI=1S/C18H22N6O/c1-11-6-12-4-3-5-21-18(25)14(10-19)17-23-15(20-2)9-16(24-17)22-13(7-11)8-12/h6-10H,3-5,19H2,1-2H3,(H,21,25)(H2,20,22,23,24)/b14-10+. The molecule has 0 saturated carbocycles. The van der Waals surface area contributed by atoms with Gasteiger partial charge in [0.05, 0.1) is 5.57 Å². The average Bonchev–Trinajstić information content (AvgIpc) is 2.58. The molecule has 1 aromatic carbocycles. The fourth-order valence-electron chi connectivity index (χ4n) is 2.83. The van der Waals surface area contributed by atoms with E-state index in [-0.39, 0.29) is 17.3 Å². The number of aromatic nitrogens is 2. The number of hydrogen-bond acceptors (Lipinski definition) is 6. The van der Waals surface area contributed by atoms with E-state index in [1.165, 1.54) is 17.3 Å². The molecule has 3 rings (SSSR count). The fraction of sp³-hybridized carbons (Fsp3) is 0.278. The van der Waals surface area contributed by atoms with E-state index in [9.17, 15) is 4.79 Å². The summed E-state index contributed by atoms with van der Waals surface area (Å²) in [6, 6.07) is 8.11. The minimum Gasteiger partial charge on any atom is -0.404 e. The Morgan fingerprint density at radius 1 is 1.24 bits per heavy atom. The molecular formula is C18H22N6O. The van der Waals surface area contributed by atoms with Gasteiger partial charge < -0.3 is 21.7 Å². The number of benzene rings is 1. The maximum atomic E-state index is 12.4. The van der Waals surface area contributed by atoms with Crippen molar-refractivity contribution in [2.45, 2.75) is 19.8 Å². The Balaban J connectivity index is 2.10. The Hall–Kier alpha value is -3.09. The summed E-state index contributed by atoms with van der Waals surface area (Å²) in [5, 5.41) is 9.18. The summed E-state index contributed by atoms with van der Waals surface area (Å²) in [6.45, 7) is 2.62. The molecule has 2 heterocycles. The van der Waals surface area contributed by atoms with E-state index < -0.39 is 0 Å². The second-order valence-electron chi connectivity index (χ2n) is 5.98. The van der Waals surface area contributed by atoms with Crippen LogP contribution in [0.15, 0.2) is 30.5 Å². The van der Waals surface area contributed by atoms with Crippen molar-refractivity contribution >= 4 is 28.8 Å². The second kappa shape index (κ2) is 7.21. The number of aryl methyl sites for hydroxylation is 2. The average molecular weight is 338 g/mol. The Morgan fingerprint density at radius 2 is 2.08 bits per heavy atom. The highest BCUT2D eigenvalue weighted by molar-refractivity contribution is 6.18. The molecule has 0 spiro atoms. The van der Waals surface area contributed by atoms with Gasteiger partial charge in [0.15, 0.2) is 5.82 Å². The number of fused-ring (bicyclic) bond motifs is 4. The van der Waals surface area contributed by atoms with Crippen molar-refractivity contribution in [3.63, 3.8) is 0 Å². The lowest BCUT2D eigenvalue weighted by molar-refractivity contribution is -0.115. The van der Waals surface area contributed by atoms with Gasteiger partial charge in [-0.25, -0.2) is 9.97 Å². The lowest BCUT2D eigenvalue weighted by Crippen LogP contribution is -2.27. The van der Waals surface area contributed by atoms with Crippen molar-refractivity contribution in [2.24, 2.45) is 5.73 Å². The third-order valence-electron chi connectivity index (χ3n) is 3.97. The molecule has 7 heteroatoms. The van der Waals surface area contributed by atoms with E-state index in [4.69, 9.17) is 5.73 Å². The molecule has 25 heavy (non-hydrogen) atoms. The number of nitrogens with zero attached hydrogens (tertiary/aromatic N) is 2. The van der Waals surface area contributed by atoms with Gasteiger partial charge in [0, 0.05) is 31.5 Å². The number of carbonyl (C=O) groups is 1. The minimum atomic E-state index is -0.274. The second-order valence-corrected chi connectivity index (χ2v) is 5.98. The molecule has 130 valence electrons. The summed E-state index contributed by atoms with van der Waals surface area (Å²) < 4.78 is 0. The SMILES string of the molecule is CNc1cc2nc(n1)/C(=C\N)C(=O)NCCCc1cc(C)cc(c1)N2. The highest BCUT2D eigenvalue weighted by atomic mass is 16.1. The molecule has 0 fully saturated rings. The molecule has 5 N–H and O–H groups in total. The van der Waals surface area contributed by atoms with Crippen LogP contribution in [0.3, 0.4) is 0 Å². The molecule has 0 radical (unpaired) electrons. The zero-order valence-corrected chi connectivity index (χ0v) is 14.4. The molecule has 0 atom stereocenters. The number of amides is 1. The Morgan fingerprint density at radius 3 is 2.84 bits per heavy atom. The van der Waals surface area contributed by atoms with Crippen LogP contribution >= 0.6 is 0 Å². The lowest BCUT2D eigenvalue weighted by atomic mass is 10.1. The van der Waals surface area contributed by atoms with Crippen molar-refractivity contribution < 1.29 is 4.79 Å². The van der Waals surface area contributed by atoms with Gasteiger partial charge in [-0.3, -0.25) is 4.79 Å². The quantitative estimate of drug-likeness (QED) is 0.592. The molecule has 7 nitrogen and oxygen atoms in total. The summed E-state index contributed by atoms with van der Waals surface area (Å²) in [6.07, 6.45) is 2.97. The van der Waals surface area contributed by atoms with Crippen molar-refractivity contribution in [1.29, 1.82) is 0 Å². The Bertz CT molecular complexity index is 830. The van der Waals surface area contributed by atoms with Crippen LogP contribution < -0.4 is 21.7 Å². The van der Waals surface area contributed by atoms with E-state index in [2.05, 4.69) is 51.0 Å². The first-order valence-electron chi connectivity index (χ1n) is 8.24. The van der Waals surface area contributed by atoms with Gasteiger partial charge in [-0.2, -0.15) is 0 Å². The number of carbonyl (C=O) groups excluding carboxylic acids is 1. The van der Waals surface area contributed by atoms with Crippen LogP contribution in [-0.2, 0) is 11.2 Å². The summed E-state index contributed by atoms with van der Waals surface area (Å²) in [5.41, 5.74) is 9.26. The summed E-state index contributed by atoms with van der Waals surface area (Å²) in [5.74, 6) is 1.20. The predicted octanol–water partition coefficient (Wildman–Crippen LogP) is 1.93. The van der Waals surface area contributed by atoms with Gasteiger partial charge in [-0.05, 0) is 43.0 Å². The maximum Gasteiger partial charge on any atom is 0.256 e. The van der Waals surface area contributed by atoms with Crippen LogP contribution in [0.4, 0.5) is 17.3 Å². The van der Waals surface area contributed by atoms with Gasteiger partial charge in [0.2, 0.25) is 0 Å². The first-order chi connectivity index (χ1) is 12.1. The van der Waals surface area contributed by atoms with Crippen LogP contribution in [0.2, 0.25) is 0 Å². The topological polar surface area (TPSA) is 105 Å². The summed E-state index contributed by atoms with van der Waals surface area (Å²) in [4.78, 5) is 21.2. The van der Waals surface area contributed by atoms with Crippen LogP contribution in [0, 0.1) is 6.92 Å². The van der Waals surface area contributed by atoms with E-state index in [0.29, 0.717) is 18.2 Å². The van der Waals surface area contributed by atoms with E-state index in [1.54, 1.807) is 13.1 Å². The van der Waals surface area contributed by atoms with Gasteiger partial charge in [0.25, 0.3) is 5.91 Å². The summed E-state index contributed by atoms with van der Waals surface area (Å²) in [7, 11) is 1.76. The molecule has 0 aliphatic carbocycles. The first-order valence-corrected chi connectivity index (χ1v) is 8.24. The number of nitrogens with one attached hydrogen (secondary N) is 3. The number of hydrogen-bond donors (Lipinski definition) is 4. The maximum absolute atomic E-state index is 12.4. The molecular weight excluding hydrogens is 316 g/mol. The highest BCUT2D eigenvalue weighted by Gasteiger charge is 2.17. The van der Waals surface area contributed by atoms with Crippen molar-refractivity contribution in [1.82, 2.24) is 15.3 Å².